The smallest absolute Gasteiger partial charge is 0.141 e. The van der Waals surface area contributed by atoms with Crippen molar-refractivity contribution in [2.75, 3.05) is 13.1 Å². The van der Waals surface area contributed by atoms with Crippen LogP contribution in [0.1, 0.15) is 18.2 Å². The van der Waals surface area contributed by atoms with Gasteiger partial charge in [0.1, 0.15) is 17.9 Å². The number of rotatable bonds is 2. The number of benzene rings is 1. The fourth-order valence-electron chi connectivity index (χ4n) is 2.21. The molecule has 1 aromatic heterocycles. The monoisotopic (exact) mass is 230 g/mol. The van der Waals surface area contributed by atoms with Gasteiger partial charge in [-0.2, -0.15) is 0 Å². The summed E-state index contributed by atoms with van der Waals surface area (Å²) >= 11 is 0. The van der Waals surface area contributed by atoms with E-state index >= 15 is 0 Å². The average Bonchev–Trinajstić information content (AvgIpc) is 3.00. The minimum absolute atomic E-state index is 0.269. The van der Waals surface area contributed by atoms with Crippen LogP contribution < -0.4 is 5.32 Å². The van der Waals surface area contributed by atoms with Crippen molar-refractivity contribution in [1.29, 1.82) is 0 Å². The summed E-state index contributed by atoms with van der Waals surface area (Å²) in [5.74, 6) is 1.68. The molecule has 0 spiro atoms. The summed E-state index contributed by atoms with van der Waals surface area (Å²) < 4.78 is 1.98. The Kier molecular flexibility index (Phi) is 2.53. The standard InChI is InChI=1S/C12H14N4O/c17-11-3-1-10(2-4-11)16-8-14-15-12(16)9-5-6-13-7-9/h1-4,8-9,13,17H,5-7H2. The van der Waals surface area contributed by atoms with Crippen LogP contribution in [0.25, 0.3) is 5.69 Å². The number of aromatic nitrogens is 3. The van der Waals surface area contributed by atoms with Crippen LogP contribution in [0, 0.1) is 0 Å². The Labute approximate surface area is 99.1 Å². The lowest BCUT2D eigenvalue weighted by Crippen LogP contribution is -2.11. The third-order valence-electron chi connectivity index (χ3n) is 3.13. The van der Waals surface area contributed by atoms with Gasteiger partial charge in [0.25, 0.3) is 0 Å². The molecule has 0 saturated carbocycles. The number of nitrogens with zero attached hydrogens (tertiary/aromatic N) is 3. The second-order valence-electron chi connectivity index (χ2n) is 4.27. The highest BCUT2D eigenvalue weighted by Crippen LogP contribution is 2.23. The van der Waals surface area contributed by atoms with Gasteiger partial charge in [0.05, 0.1) is 0 Å². The molecule has 1 fully saturated rings. The molecule has 0 bridgehead atoms. The molecule has 1 atom stereocenters. The fourth-order valence-corrected chi connectivity index (χ4v) is 2.21. The summed E-state index contributed by atoms with van der Waals surface area (Å²) in [4.78, 5) is 0. The third-order valence-corrected chi connectivity index (χ3v) is 3.13. The van der Waals surface area contributed by atoms with E-state index in [1.54, 1.807) is 18.5 Å². The van der Waals surface area contributed by atoms with Crippen LogP contribution in [0.5, 0.6) is 5.75 Å². The molecule has 0 radical (unpaired) electrons. The topological polar surface area (TPSA) is 63.0 Å². The van der Waals surface area contributed by atoms with E-state index in [0.717, 1.165) is 31.0 Å². The normalized spacial score (nSPS) is 19.6. The third kappa shape index (κ3) is 1.89. The second-order valence-corrected chi connectivity index (χ2v) is 4.27. The van der Waals surface area contributed by atoms with Crippen molar-refractivity contribution >= 4 is 0 Å². The lowest BCUT2D eigenvalue weighted by Gasteiger charge is -2.10. The first-order valence-electron chi connectivity index (χ1n) is 5.74. The zero-order chi connectivity index (χ0) is 11.7. The van der Waals surface area contributed by atoms with Crippen LogP contribution in [-0.4, -0.2) is 33.0 Å². The van der Waals surface area contributed by atoms with Gasteiger partial charge in [-0.05, 0) is 37.2 Å². The van der Waals surface area contributed by atoms with E-state index in [9.17, 15) is 5.11 Å². The Hall–Kier alpha value is -1.88. The van der Waals surface area contributed by atoms with Gasteiger partial charge in [0.15, 0.2) is 0 Å². The lowest BCUT2D eigenvalue weighted by atomic mass is 10.1. The molecular formula is C12H14N4O. The number of hydrogen-bond acceptors (Lipinski definition) is 4. The van der Waals surface area contributed by atoms with Gasteiger partial charge in [0.2, 0.25) is 0 Å². The highest BCUT2D eigenvalue weighted by atomic mass is 16.3. The molecule has 88 valence electrons. The van der Waals surface area contributed by atoms with Crippen molar-refractivity contribution in [3.05, 3.63) is 36.4 Å². The summed E-state index contributed by atoms with van der Waals surface area (Å²) in [5, 5.41) is 20.8. The van der Waals surface area contributed by atoms with Crippen molar-refractivity contribution < 1.29 is 5.11 Å². The minimum Gasteiger partial charge on any atom is -0.508 e. The molecule has 1 aliphatic heterocycles. The predicted molar refractivity (Wildman–Crippen MR) is 63.3 cm³/mol. The largest absolute Gasteiger partial charge is 0.508 e. The second kappa shape index (κ2) is 4.18. The first kappa shape index (κ1) is 10.3. The van der Waals surface area contributed by atoms with Gasteiger partial charge < -0.3 is 10.4 Å². The molecule has 2 N–H and O–H groups in total. The van der Waals surface area contributed by atoms with E-state index in [-0.39, 0.29) is 5.75 Å². The molecule has 1 aliphatic rings. The Morgan fingerprint density at radius 2 is 2.12 bits per heavy atom. The first-order valence-corrected chi connectivity index (χ1v) is 5.74. The number of phenolic OH excluding ortho intramolecular Hbond substituents is 1. The van der Waals surface area contributed by atoms with Gasteiger partial charge in [-0.15, -0.1) is 10.2 Å². The predicted octanol–water partition coefficient (Wildman–Crippen LogP) is 1.05. The Morgan fingerprint density at radius 1 is 1.29 bits per heavy atom. The van der Waals surface area contributed by atoms with Crippen LogP contribution in [-0.2, 0) is 0 Å². The van der Waals surface area contributed by atoms with E-state index in [1.807, 2.05) is 16.7 Å². The van der Waals surface area contributed by atoms with Crippen molar-refractivity contribution in [2.24, 2.45) is 0 Å². The molecule has 0 amide bonds. The number of nitrogens with one attached hydrogen (secondary N) is 1. The van der Waals surface area contributed by atoms with E-state index in [1.165, 1.54) is 0 Å². The van der Waals surface area contributed by atoms with Gasteiger partial charge in [-0.3, -0.25) is 4.57 Å². The molecule has 2 heterocycles. The van der Waals surface area contributed by atoms with Gasteiger partial charge in [0, 0.05) is 18.2 Å². The molecule has 5 nitrogen and oxygen atoms in total. The number of aromatic hydroxyl groups is 1. The van der Waals surface area contributed by atoms with Crippen LogP contribution in [0.3, 0.4) is 0 Å². The van der Waals surface area contributed by atoms with Gasteiger partial charge in [-0.25, -0.2) is 0 Å². The maximum Gasteiger partial charge on any atom is 0.141 e. The van der Waals surface area contributed by atoms with E-state index in [0.29, 0.717) is 5.92 Å². The number of hydrogen-bond donors (Lipinski definition) is 2. The van der Waals surface area contributed by atoms with Crippen LogP contribution >= 0.6 is 0 Å². The van der Waals surface area contributed by atoms with Crippen LogP contribution in [0.4, 0.5) is 0 Å². The molecule has 3 rings (SSSR count). The summed E-state index contributed by atoms with van der Waals surface area (Å²) in [6.07, 6.45) is 2.82. The Balaban J connectivity index is 1.97. The van der Waals surface area contributed by atoms with Crippen molar-refractivity contribution in [2.45, 2.75) is 12.3 Å². The zero-order valence-corrected chi connectivity index (χ0v) is 9.37. The van der Waals surface area contributed by atoms with E-state index in [4.69, 9.17) is 0 Å². The zero-order valence-electron chi connectivity index (χ0n) is 9.37. The molecule has 17 heavy (non-hydrogen) atoms. The van der Waals surface area contributed by atoms with Gasteiger partial charge in [-0.1, -0.05) is 0 Å². The summed E-state index contributed by atoms with van der Waals surface area (Å²) in [7, 11) is 0. The van der Waals surface area contributed by atoms with Crippen LogP contribution in [0.2, 0.25) is 0 Å². The molecule has 1 aromatic carbocycles. The average molecular weight is 230 g/mol. The van der Waals surface area contributed by atoms with Gasteiger partial charge >= 0.3 is 0 Å². The SMILES string of the molecule is Oc1ccc(-n2cnnc2C2CCNC2)cc1. The molecule has 1 saturated heterocycles. The molecule has 5 heteroatoms. The Morgan fingerprint density at radius 3 is 2.82 bits per heavy atom. The lowest BCUT2D eigenvalue weighted by molar-refractivity contribution is 0.475. The van der Waals surface area contributed by atoms with Crippen molar-refractivity contribution in [3.63, 3.8) is 0 Å². The molecular weight excluding hydrogens is 216 g/mol. The summed E-state index contributed by atoms with van der Waals surface area (Å²) in [6.45, 7) is 1.99. The van der Waals surface area contributed by atoms with Crippen LogP contribution in [0.15, 0.2) is 30.6 Å². The summed E-state index contributed by atoms with van der Waals surface area (Å²) in [5.41, 5.74) is 0.981. The minimum atomic E-state index is 0.269. The van der Waals surface area contributed by atoms with Crippen molar-refractivity contribution in [3.8, 4) is 11.4 Å². The number of phenols is 1. The summed E-state index contributed by atoms with van der Waals surface area (Å²) in [6, 6.07) is 7.08. The maximum atomic E-state index is 9.28. The Bertz CT molecular complexity index is 499. The highest BCUT2D eigenvalue weighted by Gasteiger charge is 2.22. The maximum absolute atomic E-state index is 9.28. The first-order chi connectivity index (χ1) is 8.34. The van der Waals surface area contributed by atoms with Crippen molar-refractivity contribution in [1.82, 2.24) is 20.1 Å². The van der Waals surface area contributed by atoms with E-state index in [2.05, 4.69) is 15.5 Å². The molecule has 0 aliphatic carbocycles. The highest BCUT2D eigenvalue weighted by molar-refractivity contribution is 5.37. The molecule has 2 aromatic rings. The molecule has 1 unspecified atom stereocenters. The van der Waals surface area contributed by atoms with E-state index < -0.39 is 0 Å². The fraction of sp³-hybridized carbons (Fsp3) is 0.333. The quantitative estimate of drug-likeness (QED) is 0.809.